The van der Waals surface area contributed by atoms with Crippen LogP contribution in [0, 0.1) is 0 Å². The Kier molecular flexibility index (Phi) is 4.98. The molecule has 0 fully saturated rings. The van der Waals surface area contributed by atoms with Gasteiger partial charge in [-0.3, -0.25) is 9.69 Å². The summed E-state index contributed by atoms with van der Waals surface area (Å²) in [5.74, 6) is 0.350. The quantitative estimate of drug-likeness (QED) is 0.755. The van der Waals surface area contributed by atoms with Gasteiger partial charge >= 0.3 is 0 Å². The number of nitrogens with zero attached hydrogens (tertiary/aromatic N) is 3. The van der Waals surface area contributed by atoms with Crippen molar-refractivity contribution in [2.24, 2.45) is 0 Å². The van der Waals surface area contributed by atoms with Gasteiger partial charge in [-0.05, 0) is 30.8 Å². The van der Waals surface area contributed by atoms with E-state index in [1.807, 2.05) is 66.5 Å². The lowest BCUT2D eigenvalue weighted by Gasteiger charge is -2.16. The second kappa shape index (κ2) is 7.52. The minimum absolute atomic E-state index is 0.0730. The largest absolute Gasteiger partial charge is 0.423 e. The highest BCUT2D eigenvalue weighted by Gasteiger charge is 2.09. The molecular formula is C18H18N4O2. The summed E-state index contributed by atoms with van der Waals surface area (Å²) in [4.78, 5) is 14.2. The van der Waals surface area contributed by atoms with Gasteiger partial charge in [0.15, 0.2) is 0 Å². The maximum absolute atomic E-state index is 12.2. The summed E-state index contributed by atoms with van der Waals surface area (Å²) >= 11 is 0. The molecule has 1 heterocycles. The van der Waals surface area contributed by atoms with Gasteiger partial charge in [0.2, 0.25) is 18.2 Å². The topological polar surface area (TPSA) is 71.3 Å². The van der Waals surface area contributed by atoms with Gasteiger partial charge in [0.05, 0.1) is 6.54 Å². The van der Waals surface area contributed by atoms with E-state index in [9.17, 15) is 4.79 Å². The van der Waals surface area contributed by atoms with Gasteiger partial charge in [-0.1, -0.05) is 36.4 Å². The fourth-order valence-corrected chi connectivity index (χ4v) is 2.43. The van der Waals surface area contributed by atoms with Crippen LogP contribution in [0.4, 0.5) is 5.69 Å². The van der Waals surface area contributed by atoms with E-state index in [4.69, 9.17) is 4.42 Å². The number of amides is 1. The van der Waals surface area contributed by atoms with Gasteiger partial charge in [-0.25, -0.2) is 0 Å². The third kappa shape index (κ3) is 4.27. The molecule has 1 amide bonds. The predicted molar refractivity (Wildman–Crippen MR) is 91.1 cm³/mol. The zero-order chi connectivity index (χ0) is 16.8. The van der Waals surface area contributed by atoms with E-state index in [-0.39, 0.29) is 5.91 Å². The zero-order valence-electron chi connectivity index (χ0n) is 13.3. The van der Waals surface area contributed by atoms with Gasteiger partial charge in [0, 0.05) is 17.8 Å². The second-order valence-electron chi connectivity index (χ2n) is 5.53. The molecule has 1 N–H and O–H groups in total. The van der Waals surface area contributed by atoms with Gasteiger partial charge in [0.25, 0.3) is 0 Å². The van der Waals surface area contributed by atoms with Crippen molar-refractivity contribution in [2.45, 2.75) is 6.54 Å². The summed E-state index contributed by atoms with van der Waals surface area (Å²) < 4.78 is 5.17. The fraction of sp³-hybridized carbons (Fsp3) is 0.167. The van der Waals surface area contributed by atoms with Crippen molar-refractivity contribution in [3.8, 4) is 11.5 Å². The predicted octanol–water partition coefficient (Wildman–Crippen LogP) is 2.81. The Morgan fingerprint density at radius 2 is 2.00 bits per heavy atom. The first-order valence-corrected chi connectivity index (χ1v) is 7.59. The number of anilines is 1. The molecule has 0 aliphatic heterocycles. The Balaban J connectivity index is 1.58. The number of carbonyl (C=O) groups is 1. The van der Waals surface area contributed by atoms with Crippen LogP contribution in [0.5, 0.6) is 0 Å². The zero-order valence-corrected chi connectivity index (χ0v) is 13.3. The number of carbonyl (C=O) groups excluding carboxylic acids is 1. The summed E-state index contributed by atoms with van der Waals surface area (Å²) in [5.41, 5.74) is 2.64. The molecule has 122 valence electrons. The number of aromatic nitrogens is 2. The lowest BCUT2D eigenvalue weighted by atomic mass is 10.2. The molecule has 3 aromatic rings. The molecule has 1 aromatic heterocycles. The average Bonchev–Trinajstić information content (AvgIpc) is 3.10. The van der Waals surface area contributed by atoms with Crippen molar-refractivity contribution in [2.75, 3.05) is 18.9 Å². The highest BCUT2D eigenvalue weighted by atomic mass is 16.4. The van der Waals surface area contributed by atoms with Crippen LogP contribution in [0.3, 0.4) is 0 Å². The number of likely N-dealkylation sites (N-methyl/N-ethyl adjacent to an activating group) is 1. The molecule has 2 aromatic carbocycles. The molecule has 0 aliphatic carbocycles. The summed E-state index contributed by atoms with van der Waals surface area (Å²) in [7, 11) is 1.92. The Morgan fingerprint density at radius 3 is 2.75 bits per heavy atom. The van der Waals surface area contributed by atoms with E-state index in [1.54, 1.807) is 0 Å². The minimum atomic E-state index is -0.0730. The maximum Gasteiger partial charge on any atom is 0.247 e. The highest BCUT2D eigenvalue weighted by Crippen LogP contribution is 2.20. The third-order valence-electron chi connectivity index (χ3n) is 3.46. The van der Waals surface area contributed by atoms with Crippen LogP contribution < -0.4 is 5.32 Å². The molecule has 24 heavy (non-hydrogen) atoms. The molecule has 0 aliphatic rings. The van der Waals surface area contributed by atoms with Crippen LogP contribution >= 0.6 is 0 Å². The first-order valence-electron chi connectivity index (χ1n) is 7.59. The van der Waals surface area contributed by atoms with E-state index in [0.717, 1.165) is 12.1 Å². The lowest BCUT2D eigenvalue weighted by molar-refractivity contribution is -0.117. The van der Waals surface area contributed by atoms with Crippen molar-refractivity contribution in [3.05, 3.63) is 66.6 Å². The molecule has 6 nitrogen and oxygen atoms in total. The Hall–Kier alpha value is -2.99. The van der Waals surface area contributed by atoms with Crippen LogP contribution in [0.1, 0.15) is 5.56 Å². The molecule has 3 rings (SSSR count). The first-order chi connectivity index (χ1) is 11.7. The molecule has 0 saturated heterocycles. The van der Waals surface area contributed by atoms with E-state index in [0.29, 0.717) is 18.1 Å². The summed E-state index contributed by atoms with van der Waals surface area (Å²) in [6, 6.07) is 17.4. The van der Waals surface area contributed by atoms with Crippen LogP contribution in [0.25, 0.3) is 11.5 Å². The van der Waals surface area contributed by atoms with E-state index < -0.39 is 0 Å². The van der Waals surface area contributed by atoms with Crippen LogP contribution in [0.15, 0.2) is 65.4 Å². The second-order valence-corrected chi connectivity index (χ2v) is 5.53. The molecule has 0 atom stereocenters. The van der Waals surface area contributed by atoms with Crippen molar-refractivity contribution in [1.29, 1.82) is 0 Å². The lowest BCUT2D eigenvalue weighted by Crippen LogP contribution is -2.29. The Morgan fingerprint density at radius 1 is 1.17 bits per heavy atom. The van der Waals surface area contributed by atoms with E-state index in [1.165, 1.54) is 12.0 Å². The summed E-state index contributed by atoms with van der Waals surface area (Å²) in [6.07, 6.45) is 1.28. The van der Waals surface area contributed by atoms with Crippen molar-refractivity contribution >= 4 is 11.6 Å². The van der Waals surface area contributed by atoms with Crippen molar-refractivity contribution in [1.82, 2.24) is 15.1 Å². The molecule has 0 unspecified atom stereocenters. The summed E-state index contributed by atoms with van der Waals surface area (Å²) in [6.45, 7) is 1.02. The average molecular weight is 322 g/mol. The standard InChI is InChI=1S/C18H18N4O2/c1-22(11-14-6-3-2-4-7-14)12-17(23)20-16-9-5-8-15(10-16)18-21-19-13-24-18/h2-10,13H,11-12H2,1H3,(H,20,23). The van der Waals surface area contributed by atoms with Crippen molar-refractivity contribution < 1.29 is 9.21 Å². The smallest absolute Gasteiger partial charge is 0.247 e. The van der Waals surface area contributed by atoms with Crippen LogP contribution in [0.2, 0.25) is 0 Å². The number of hydrogen-bond acceptors (Lipinski definition) is 5. The monoisotopic (exact) mass is 322 g/mol. The van der Waals surface area contributed by atoms with Crippen molar-refractivity contribution in [3.63, 3.8) is 0 Å². The van der Waals surface area contributed by atoms with E-state index >= 15 is 0 Å². The molecule has 0 bridgehead atoms. The number of rotatable bonds is 6. The SMILES string of the molecule is CN(CC(=O)Nc1cccc(-c2nnco2)c1)Cc1ccccc1. The summed E-state index contributed by atoms with van der Waals surface area (Å²) in [5, 5.41) is 10.4. The Bertz CT molecular complexity index is 788. The van der Waals surface area contributed by atoms with E-state index in [2.05, 4.69) is 15.5 Å². The van der Waals surface area contributed by atoms with Gasteiger partial charge in [0.1, 0.15) is 0 Å². The van der Waals surface area contributed by atoms with Crippen LogP contribution in [-0.4, -0.2) is 34.6 Å². The van der Waals surface area contributed by atoms with Gasteiger partial charge < -0.3 is 9.73 Å². The molecule has 0 spiro atoms. The molecule has 0 radical (unpaired) electrons. The highest BCUT2D eigenvalue weighted by molar-refractivity contribution is 5.92. The minimum Gasteiger partial charge on any atom is -0.423 e. The maximum atomic E-state index is 12.2. The number of hydrogen-bond donors (Lipinski definition) is 1. The fourth-order valence-electron chi connectivity index (χ4n) is 2.43. The molecular weight excluding hydrogens is 304 g/mol. The normalized spacial score (nSPS) is 10.8. The third-order valence-corrected chi connectivity index (χ3v) is 3.46. The Labute approximate surface area is 140 Å². The molecule has 0 saturated carbocycles. The van der Waals surface area contributed by atoms with Gasteiger partial charge in [-0.2, -0.15) is 0 Å². The molecule has 6 heteroatoms. The first kappa shape index (κ1) is 15.9. The van der Waals surface area contributed by atoms with Gasteiger partial charge in [-0.15, -0.1) is 10.2 Å². The number of nitrogens with one attached hydrogen (secondary N) is 1. The number of benzene rings is 2. The van der Waals surface area contributed by atoms with Crippen LogP contribution in [-0.2, 0) is 11.3 Å².